The zero-order valence-electron chi connectivity index (χ0n) is 10.5. The molecule has 1 saturated heterocycles. The molecule has 0 aliphatic carbocycles. The quantitative estimate of drug-likeness (QED) is 0.524. The molecule has 0 saturated carbocycles. The summed E-state index contributed by atoms with van der Waals surface area (Å²) in [6.45, 7) is 1.24. The molecular weight excluding hydrogens is 286 g/mol. The second kappa shape index (κ2) is 5.55. The zero-order chi connectivity index (χ0) is 14.8. The highest BCUT2D eigenvalue weighted by atomic mass is 32.2. The number of anilines is 2. The van der Waals surface area contributed by atoms with E-state index in [0.29, 0.717) is 17.9 Å². The van der Waals surface area contributed by atoms with Crippen LogP contribution in [0, 0.1) is 0 Å². The molecule has 0 unspecified atom stereocenters. The maximum Gasteiger partial charge on any atom is 0.420 e. The van der Waals surface area contributed by atoms with Crippen LogP contribution in [0.1, 0.15) is 6.42 Å². The average Bonchev–Trinajstić information content (AvgIpc) is 2.27. The predicted octanol–water partition coefficient (Wildman–Crippen LogP) is 0.254. The van der Waals surface area contributed by atoms with Gasteiger partial charge in [0.1, 0.15) is 4.90 Å². The van der Waals surface area contributed by atoms with E-state index in [4.69, 9.17) is 16.2 Å². The van der Waals surface area contributed by atoms with Crippen LogP contribution in [0.3, 0.4) is 0 Å². The van der Waals surface area contributed by atoms with Crippen molar-refractivity contribution < 1.29 is 22.1 Å². The van der Waals surface area contributed by atoms with Gasteiger partial charge in [0, 0.05) is 13.2 Å². The number of benzene rings is 1. The van der Waals surface area contributed by atoms with E-state index < -0.39 is 16.2 Å². The van der Waals surface area contributed by atoms with E-state index in [9.17, 15) is 13.2 Å². The molecule has 0 bridgehead atoms. The van der Waals surface area contributed by atoms with Crippen LogP contribution in [-0.2, 0) is 19.0 Å². The van der Waals surface area contributed by atoms with Gasteiger partial charge in [-0.25, -0.2) is 4.79 Å². The largest absolute Gasteiger partial charge is 0.420 e. The minimum atomic E-state index is -4.23. The van der Waals surface area contributed by atoms with Crippen molar-refractivity contribution in [3.05, 3.63) is 18.2 Å². The topological polar surface area (TPSA) is 134 Å². The summed E-state index contributed by atoms with van der Waals surface area (Å²) in [4.78, 5) is 10.4. The van der Waals surface area contributed by atoms with Crippen molar-refractivity contribution in [3.8, 4) is 0 Å². The van der Waals surface area contributed by atoms with Crippen LogP contribution in [0.15, 0.2) is 23.1 Å². The van der Waals surface area contributed by atoms with E-state index in [-0.39, 0.29) is 11.0 Å². The molecule has 1 fully saturated rings. The second-order valence-electron chi connectivity index (χ2n) is 4.27. The third kappa shape index (κ3) is 3.31. The predicted molar refractivity (Wildman–Crippen MR) is 71.6 cm³/mol. The number of carbonyl (C=O) groups is 1. The molecule has 9 heteroatoms. The molecule has 0 radical (unpaired) electrons. The second-order valence-corrected chi connectivity index (χ2v) is 5.81. The third-order valence-corrected chi connectivity index (χ3v) is 4.03. The summed E-state index contributed by atoms with van der Waals surface area (Å²) in [6.07, 6.45) is -0.355. The maximum absolute atomic E-state index is 11.7. The Labute approximate surface area is 116 Å². The van der Waals surface area contributed by atoms with Gasteiger partial charge in [-0.15, -0.1) is 0 Å². The maximum atomic E-state index is 11.7. The number of amides is 1. The standard InChI is InChI=1S/C11H15N3O5S/c12-9-2-1-8(20(16,17)19-11(13)15)5-10(9)14-6-7-3-4-18-7/h1-2,5,7,14H,3-4,6,12H2,(H2,13,15)/t7-/m0/s1. The first-order chi connectivity index (χ1) is 9.38. The SMILES string of the molecule is NC(=O)OS(=O)(=O)c1ccc(N)c(NC[C@@H]2CCO2)c1. The Morgan fingerprint density at radius 3 is 2.75 bits per heavy atom. The fraction of sp³-hybridized carbons (Fsp3) is 0.364. The molecule has 1 atom stereocenters. The first kappa shape index (κ1) is 14.4. The van der Waals surface area contributed by atoms with Crippen LogP contribution in [-0.4, -0.2) is 33.8 Å². The van der Waals surface area contributed by atoms with Crippen LogP contribution < -0.4 is 16.8 Å². The molecule has 8 nitrogen and oxygen atoms in total. The molecule has 20 heavy (non-hydrogen) atoms. The number of hydrogen-bond acceptors (Lipinski definition) is 7. The van der Waals surface area contributed by atoms with Gasteiger partial charge in [0.15, 0.2) is 0 Å². The lowest BCUT2D eigenvalue weighted by molar-refractivity contribution is -0.0410. The van der Waals surface area contributed by atoms with E-state index in [1.54, 1.807) is 0 Å². The Bertz CT molecular complexity index is 612. The van der Waals surface area contributed by atoms with Crippen molar-refractivity contribution in [2.75, 3.05) is 24.2 Å². The number of nitrogens with one attached hydrogen (secondary N) is 1. The van der Waals surface area contributed by atoms with Gasteiger partial charge in [-0.05, 0) is 24.6 Å². The molecule has 1 amide bonds. The highest BCUT2D eigenvalue weighted by Crippen LogP contribution is 2.24. The molecule has 1 aromatic rings. The molecule has 1 heterocycles. The summed E-state index contributed by atoms with van der Waals surface area (Å²) in [5.41, 5.74) is 11.3. The number of ether oxygens (including phenoxy) is 1. The van der Waals surface area contributed by atoms with E-state index in [1.165, 1.54) is 18.2 Å². The van der Waals surface area contributed by atoms with Crippen molar-refractivity contribution in [2.24, 2.45) is 5.73 Å². The van der Waals surface area contributed by atoms with Gasteiger partial charge >= 0.3 is 16.2 Å². The Kier molecular flexibility index (Phi) is 4.00. The van der Waals surface area contributed by atoms with Gasteiger partial charge in [0.05, 0.1) is 17.5 Å². The minimum absolute atomic E-state index is 0.0940. The van der Waals surface area contributed by atoms with Gasteiger partial charge in [0.2, 0.25) is 0 Å². The molecule has 1 aliphatic heterocycles. The summed E-state index contributed by atoms with van der Waals surface area (Å²) in [7, 11) is -4.23. The van der Waals surface area contributed by atoms with Crippen molar-refractivity contribution in [1.82, 2.24) is 0 Å². The molecule has 1 aliphatic rings. The number of hydrogen-bond donors (Lipinski definition) is 3. The summed E-state index contributed by atoms with van der Waals surface area (Å²) in [5, 5.41) is 2.99. The number of primary amides is 1. The summed E-state index contributed by atoms with van der Waals surface area (Å²) >= 11 is 0. The van der Waals surface area contributed by atoms with Gasteiger partial charge in [-0.3, -0.25) is 0 Å². The molecule has 110 valence electrons. The normalized spacial score (nSPS) is 18.1. The zero-order valence-corrected chi connectivity index (χ0v) is 11.4. The molecule has 1 aromatic carbocycles. The highest BCUT2D eigenvalue weighted by Gasteiger charge is 2.21. The lowest BCUT2D eigenvalue weighted by atomic mass is 10.2. The Morgan fingerprint density at radius 1 is 1.50 bits per heavy atom. The van der Waals surface area contributed by atoms with Crippen molar-refractivity contribution >= 4 is 27.6 Å². The van der Waals surface area contributed by atoms with E-state index in [2.05, 4.69) is 9.50 Å². The third-order valence-electron chi connectivity index (χ3n) is 2.82. The van der Waals surface area contributed by atoms with Crippen molar-refractivity contribution in [2.45, 2.75) is 17.4 Å². The average molecular weight is 301 g/mol. The summed E-state index contributed by atoms with van der Waals surface area (Å²) < 4.78 is 32.7. The molecule has 2 rings (SSSR count). The smallest absolute Gasteiger partial charge is 0.397 e. The number of nitrogens with two attached hydrogens (primary N) is 2. The van der Waals surface area contributed by atoms with Crippen molar-refractivity contribution in [3.63, 3.8) is 0 Å². The van der Waals surface area contributed by atoms with E-state index in [0.717, 1.165) is 13.0 Å². The highest BCUT2D eigenvalue weighted by molar-refractivity contribution is 7.87. The number of nitrogen functional groups attached to an aromatic ring is 1. The Morgan fingerprint density at radius 2 is 2.20 bits per heavy atom. The summed E-state index contributed by atoms with van der Waals surface area (Å²) in [6, 6.07) is 3.92. The van der Waals surface area contributed by atoms with E-state index in [1.807, 2.05) is 0 Å². The van der Waals surface area contributed by atoms with Crippen LogP contribution in [0.25, 0.3) is 0 Å². The van der Waals surface area contributed by atoms with Gasteiger partial charge < -0.3 is 25.7 Å². The Balaban J connectivity index is 2.16. The fourth-order valence-corrected chi connectivity index (χ4v) is 2.48. The molecule has 0 aromatic heterocycles. The van der Waals surface area contributed by atoms with Gasteiger partial charge in [-0.2, -0.15) is 8.42 Å². The number of rotatable bonds is 5. The molecule has 0 spiro atoms. The van der Waals surface area contributed by atoms with Crippen LogP contribution in [0.5, 0.6) is 0 Å². The van der Waals surface area contributed by atoms with Gasteiger partial charge in [0.25, 0.3) is 0 Å². The minimum Gasteiger partial charge on any atom is -0.397 e. The van der Waals surface area contributed by atoms with Crippen LogP contribution >= 0.6 is 0 Å². The molecule has 5 N–H and O–H groups in total. The van der Waals surface area contributed by atoms with Crippen LogP contribution in [0.2, 0.25) is 0 Å². The van der Waals surface area contributed by atoms with Crippen molar-refractivity contribution in [1.29, 1.82) is 0 Å². The fourth-order valence-electron chi connectivity index (χ4n) is 1.67. The first-order valence-corrected chi connectivity index (χ1v) is 7.28. The van der Waals surface area contributed by atoms with Crippen LogP contribution in [0.4, 0.5) is 16.2 Å². The number of carbonyl (C=O) groups excluding carboxylic acids is 1. The lowest BCUT2D eigenvalue weighted by Crippen LogP contribution is -2.33. The Hall–Kier alpha value is -2.00. The first-order valence-electron chi connectivity index (χ1n) is 5.87. The lowest BCUT2D eigenvalue weighted by Gasteiger charge is -2.27. The summed E-state index contributed by atoms with van der Waals surface area (Å²) in [5.74, 6) is 0. The van der Waals surface area contributed by atoms with E-state index >= 15 is 0 Å². The molecular formula is C11H15N3O5S. The van der Waals surface area contributed by atoms with Gasteiger partial charge in [-0.1, -0.05) is 0 Å². The monoisotopic (exact) mass is 301 g/mol.